The highest BCUT2D eigenvalue weighted by Crippen LogP contribution is 2.21. The third kappa shape index (κ3) is 3.99. The van der Waals surface area contributed by atoms with Crippen molar-refractivity contribution in [3.63, 3.8) is 0 Å². The second kappa shape index (κ2) is 7.39. The third-order valence-electron chi connectivity index (χ3n) is 5.01. The number of aromatic nitrogens is 1. The van der Waals surface area contributed by atoms with Crippen molar-refractivity contribution >= 4 is 11.0 Å². The molecule has 3 rings (SSSR count). The van der Waals surface area contributed by atoms with Gasteiger partial charge in [-0.15, -0.1) is 0 Å². The Hall–Kier alpha value is -1.81. The molecule has 4 heteroatoms. The maximum atomic E-state index is 12.4. The monoisotopic (exact) mass is 328 g/mol. The molecule has 2 aromatic rings. The summed E-state index contributed by atoms with van der Waals surface area (Å²) in [4.78, 5) is 14.9. The van der Waals surface area contributed by atoms with E-state index in [4.69, 9.17) is 4.52 Å². The molecule has 0 bridgehead atoms. The van der Waals surface area contributed by atoms with E-state index in [0.717, 1.165) is 31.6 Å². The fourth-order valence-electron chi connectivity index (χ4n) is 3.40. The van der Waals surface area contributed by atoms with E-state index in [2.05, 4.69) is 24.8 Å². The summed E-state index contributed by atoms with van der Waals surface area (Å²) in [5, 5.41) is 0.701. The Labute approximate surface area is 143 Å². The lowest BCUT2D eigenvalue weighted by molar-refractivity contribution is 0.176. The molecule has 1 aliphatic rings. The van der Waals surface area contributed by atoms with Gasteiger partial charge >= 0.3 is 0 Å². The fraction of sp³-hybridized carbons (Fsp3) is 0.550. The number of hydrogen-bond donors (Lipinski definition) is 0. The molecule has 130 valence electrons. The SMILES string of the molecule is CC(C)=CCN1CCC(CCn2oc3ccc(C)cc3c2=O)CC1. The Morgan fingerprint density at radius 2 is 2.04 bits per heavy atom. The van der Waals surface area contributed by atoms with Gasteiger partial charge in [-0.3, -0.25) is 9.69 Å². The largest absolute Gasteiger partial charge is 0.376 e. The topological polar surface area (TPSA) is 38.4 Å². The van der Waals surface area contributed by atoms with Gasteiger partial charge in [0.2, 0.25) is 0 Å². The van der Waals surface area contributed by atoms with Gasteiger partial charge in [-0.1, -0.05) is 23.3 Å². The van der Waals surface area contributed by atoms with E-state index in [1.807, 2.05) is 25.1 Å². The summed E-state index contributed by atoms with van der Waals surface area (Å²) in [5.41, 5.74) is 3.18. The molecule has 0 amide bonds. The van der Waals surface area contributed by atoms with Crippen molar-refractivity contribution in [3.8, 4) is 0 Å². The van der Waals surface area contributed by atoms with Crippen molar-refractivity contribution in [2.24, 2.45) is 5.92 Å². The molecule has 0 saturated carbocycles. The molecular formula is C20H28N2O2. The Bertz CT molecular complexity index is 773. The standard InChI is InChI=1S/C20H28N2O2/c1-15(2)6-10-21-11-7-17(8-12-21)9-13-22-20(23)18-14-16(3)4-5-19(18)24-22/h4-6,14,17H,7-13H2,1-3H3. The second-order valence-corrected chi connectivity index (χ2v) is 7.31. The molecular weight excluding hydrogens is 300 g/mol. The molecule has 1 aromatic carbocycles. The predicted molar refractivity (Wildman–Crippen MR) is 98.4 cm³/mol. The first kappa shape index (κ1) is 17.0. The molecule has 0 unspecified atom stereocenters. The van der Waals surface area contributed by atoms with Crippen LogP contribution in [0, 0.1) is 12.8 Å². The number of hydrogen-bond acceptors (Lipinski definition) is 3. The Balaban J connectivity index is 1.55. The number of nitrogens with zero attached hydrogens (tertiary/aromatic N) is 2. The third-order valence-corrected chi connectivity index (χ3v) is 5.01. The molecule has 1 aliphatic heterocycles. The summed E-state index contributed by atoms with van der Waals surface area (Å²) < 4.78 is 7.26. The van der Waals surface area contributed by atoms with E-state index in [-0.39, 0.29) is 5.56 Å². The smallest absolute Gasteiger partial charge is 0.290 e. The lowest BCUT2D eigenvalue weighted by Crippen LogP contribution is -2.34. The highest BCUT2D eigenvalue weighted by molar-refractivity contribution is 5.76. The van der Waals surface area contributed by atoms with Gasteiger partial charge in [0.1, 0.15) is 0 Å². The molecule has 0 N–H and O–H groups in total. The fourth-order valence-corrected chi connectivity index (χ4v) is 3.40. The minimum atomic E-state index is 0.00898. The molecule has 1 fully saturated rings. The summed E-state index contributed by atoms with van der Waals surface area (Å²) in [6.45, 7) is 10.4. The lowest BCUT2D eigenvalue weighted by Gasteiger charge is -2.31. The van der Waals surface area contributed by atoms with E-state index < -0.39 is 0 Å². The van der Waals surface area contributed by atoms with Crippen LogP contribution in [0.25, 0.3) is 11.0 Å². The lowest BCUT2D eigenvalue weighted by atomic mass is 9.93. The summed E-state index contributed by atoms with van der Waals surface area (Å²) >= 11 is 0. The molecule has 0 radical (unpaired) electrons. The zero-order valence-electron chi connectivity index (χ0n) is 15.0. The van der Waals surface area contributed by atoms with Crippen molar-refractivity contribution in [3.05, 3.63) is 45.8 Å². The van der Waals surface area contributed by atoms with Gasteiger partial charge in [0.05, 0.1) is 11.9 Å². The van der Waals surface area contributed by atoms with Crippen molar-refractivity contribution in [2.45, 2.75) is 46.6 Å². The van der Waals surface area contributed by atoms with E-state index >= 15 is 0 Å². The average Bonchev–Trinajstić information content (AvgIpc) is 2.88. The van der Waals surface area contributed by atoms with Crippen LogP contribution in [0.2, 0.25) is 0 Å². The highest BCUT2D eigenvalue weighted by atomic mass is 16.5. The molecule has 0 aliphatic carbocycles. The van der Waals surface area contributed by atoms with E-state index in [9.17, 15) is 4.79 Å². The minimum Gasteiger partial charge on any atom is -0.376 e. The molecule has 0 atom stereocenters. The van der Waals surface area contributed by atoms with Gasteiger partial charge in [0.15, 0.2) is 5.58 Å². The van der Waals surface area contributed by atoms with Gasteiger partial charge in [-0.05, 0) is 71.2 Å². The van der Waals surface area contributed by atoms with Gasteiger partial charge in [-0.2, -0.15) is 4.74 Å². The predicted octanol–water partition coefficient (Wildman–Crippen LogP) is 3.97. The Morgan fingerprint density at radius 3 is 2.75 bits per heavy atom. The first-order valence-electron chi connectivity index (χ1n) is 8.99. The number of fused-ring (bicyclic) bond motifs is 1. The number of allylic oxidation sites excluding steroid dienone is 1. The number of rotatable bonds is 5. The molecule has 4 nitrogen and oxygen atoms in total. The summed E-state index contributed by atoms with van der Waals surface area (Å²) in [6.07, 6.45) is 5.75. The molecule has 24 heavy (non-hydrogen) atoms. The average molecular weight is 328 g/mol. The maximum absolute atomic E-state index is 12.4. The molecule has 1 saturated heterocycles. The van der Waals surface area contributed by atoms with Crippen LogP contribution in [0.15, 0.2) is 39.2 Å². The van der Waals surface area contributed by atoms with Crippen LogP contribution >= 0.6 is 0 Å². The maximum Gasteiger partial charge on any atom is 0.290 e. The van der Waals surface area contributed by atoms with Gasteiger partial charge in [0.25, 0.3) is 5.56 Å². The van der Waals surface area contributed by atoms with Crippen LogP contribution in [-0.4, -0.2) is 29.3 Å². The van der Waals surface area contributed by atoms with Gasteiger partial charge < -0.3 is 4.52 Å². The van der Waals surface area contributed by atoms with Crippen LogP contribution in [0.1, 0.15) is 38.7 Å². The van der Waals surface area contributed by atoms with Crippen LogP contribution in [0.3, 0.4) is 0 Å². The van der Waals surface area contributed by atoms with Crippen LogP contribution in [-0.2, 0) is 6.54 Å². The number of benzene rings is 1. The van der Waals surface area contributed by atoms with Gasteiger partial charge in [-0.25, -0.2) is 0 Å². The zero-order valence-corrected chi connectivity index (χ0v) is 15.0. The van der Waals surface area contributed by atoms with Crippen molar-refractivity contribution in [1.82, 2.24) is 9.64 Å². The van der Waals surface area contributed by atoms with Crippen molar-refractivity contribution in [2.75, 3.05) is 19.6 Å². The molecule has 0 spiro atoms. The van der Waals surface area contributed by atoms with Crippen LogP contribution < -0.4 is 5.56 Å². The zero-order chi connectivity index (χ0) is 17.1. The number of likely N-dealkylation sites (tertiary alicyclic amines) is 1. The summed E-state index contributed by atoms with van der Waals surface area (Å²) in [5.74, 6) is 0.690. The number of aryl methyl sites for hydroxylation is 2. The number of piperidine rings is 1. The first-order chi connectivity index (χ1) is 11.5. The minimum absolute atomic E-state index is 0.00898. The second-order valence-electron chi connectivity index (χ2n) is 7.31. The first-order valence-corrected chi connectivity index (χ1v) is 8.99. The van der Waals surface area contributed by atoms with Crippen molar-refractivity contribution < 1.29 is 4.52 Å². The van der Waals surface area contributed by atoms with Crippen LogP contribution in [0.4, 0.5) is 0 Å². The van der Waals surface area contributed by atoms with E-state index in [0.29, 0.717) is 23.4 Å². The van der Waals surface area contributed by atoms with Crippen LogP contribution in [0.5, 0.6) is 0 Å². The quantitative estimate of drug-likeness (QED) is 0.780. The highest BCUT2D eigenvalue weighted by Gasteiger charge is 2.19. The summed E-state index contributed by atoms with van der Waals surface area (Å²) in [7, 11) is 0. The van der Waals surface area contributed by atoms with Crippen molar-refractivity contribution in [1.29, 1.82) is 0 Å². The molecule has 1 aromatic heterocycles. The Morgan fingerprint density at radius 1 is 1.29 bits per heavy atom. The Kier molecular flexibility index (Phi) is 5.24. The van der Waals surface area contributed by atoms with E-state index in [1.54, 1.807) is 4.74 Å². The normalized spacial score (nSPS) is 16.6. The summed E-state index contributed by atoms with van der Waals surface area (Å²) in [6, 6.07) is 5.79. The van der Waals surface area contributed by atoms with E-state index in [1.165, 1.54) is 18.4 Å². The van der Waals surface area contributed by atoms with Gasteiger partial charge in [0, 0.05) is 6.54 Å². The molecule has 2 heterocycles.